The van der Waals surface area contributed by atoms with E-state index in [2.05, 4.69) is 5.32 Å². The van der Waals surface area contributed by atoms with E-state index < -0.39 is 23.3 Å². The molecule has 0 amide bonds. The standard InChI is InChI=1S/C16H15F4N/c1-10(7-13-15(19)3-2-4-16(13)20)21-9-11-8-12(17)5-6-14(11)18/h2-6,8,10,21H,7,9H2,1H3. The maximum Gasteiger partial charge on any atom is 0.129 e. The van der Waals surface area contributed by atoms with Crippen LogP contribution in [0.25, 0.3) is 0 Å². The van der Waals surface area contributed by atoms with Gasteiger partial charge < -0.3 is 5.32 Å². The van der Waals surface area contributed by atoms with Gasteiger partial charge in [-0.25, -0.2) is 17.6 Å². The number of hydrogen-bond donors (Lipinski definition) is 1. The first-order chi connectivity index (χ1) is 9.97. The third-order valence-corrected chi connectivity index (χ3v) is 3.22. The minimum atomic E-state index is -0.611. The minimum absolute atomic E-state index is 0.0165. The molecular formula is C16H15F4N. The highest BCUT2D eigenvalue weighted by Crippen LogP contribution is 2.15. The van der Waals surface area contributed by atoms with Crippen molar-refractivity contribution in [1.29, 1.82) is 0 Å². The normalized spacial score (nSPS) is 12.4. The predicted octanol–water partition coefficient (Wildman–Crippen LogP) is 3.96. The molecule has 0 saturated heterocycles. The number of halogens is 4. The first kappa shape index (κ1) is 15.5. The molecule has 112 valence electrons. The Morgan fingerprint density at radius 3 is 2.29 bits per heavy atom. The van der Waals surface area contributed by atoms with Crippen molar-refractivity contribution < 1.29 is 17.6 Å². The highest BCUT2D eigenvalue weighted by molar-refractivity contribution is 5.21. The van der Waals surface area contributed by atoms with E-state index in [9.17, 15) is 17.6 Å². The zero-order valence-electron chi connectivity index (χ0n) is 11.5. The van der Waals surface area contributed by atoms with Crippen LogP contribution in [0.15, 0.2) is 36.4 Å². The van der Waals surface area contributed by atoms with Crippen molar-refractivity contribution in [2.45, 2.75) is 25.9 Å². The second-order valence-corrected chi connectivity index (χ2v) is 4.92. The molecule has 0 radical (unpaired) electrons. The van der Waals surface area contributed by atoms with Gasteiger partial charge in [-0.1, -0.05) is 6.07 Å². The van der Waals surface area contributed by atoms with Gasteiger partial charge in [-0.3, -0.25) is 0 Å². The highest BCUT2D eigenvalue weighted by Gasteiger charge is 2.13. The Morgan fingerprint density at radius 1 is 0.952 bits per heavy atom. The molecule has 0 bridgehead atoms. The molecule has 0 heterocycles. The smallest absolute Gasteiger partial charge is 0.129 e. The van der Waals surface area contributed by atoms with Crippen LogP contribution in [0.4, 0.5) is 17.6 Å². The maximum absolute atomic E-state index is 13.5. The van der Waals surface area contributed by atoms with Gasteiger partial charge in [-0.15, -0.1) is 0 Å². The average Bonchev–Trinajstić information content (AvgIpc) is 2.44. The van der Waals surface area contributed by atoms with Crippen molar-refractivity contribution in [3.05, 3.63) is 70.8 Å². The Kier molecular flexibility index (Phi) is 4.96. The molecule has 0 aliphatic rings. The van der Waals surface area contributed by atoms with Gasteiger partial charge >= 0.3 is 0 Å². The summed E-state index contributed by atoms with van der Waals surface area (Å²) in [5.41, 5.74) is 0.160. The van der Waals surface area contributed by atoms with E-state index in [4.69, 9.17) is 0 Å². The Hall–Kier alpha value is -1.88. The third-order valence-electron chi connectivity index (χ3n) is 3.22. The quantitative estimate of drug-likeness (QED) is 0.824. The van der Waals surface area contributed by atoms with Crippen LogP contribution in [-0.2, 0) is 13.0 Å². The third kappa shape index (κ3) is 4.04. The molecule has 0 spiro atoms. The molecule has 1 atom stereocenters. The molecule has 1 unspecified atom stereocenters. The summed E-state index contributed by atoms with van der Waals surface area (Å²) in [5.74, 6) is -2.27. The van der Waals surface area contributed by atoms with Gasteiger partial charge in [0, 0.05) is 23.7 Å². The summed E-state index contributed by atoms with van der Waals surface area (Å²) in [6.45, 7) is 1.81. The molecule has 0 saturated carbocycles. The number of nitrogens with one attached hydrogen (secondary N) is 1. The lowest BCUT2D eigenvalue weighted by molar-refractivity contribution is 0.490. The van der Waals surface area contributed by atoms with Crippen molar-refractivity contribution in [1.82, 2.24) is 5.32 Å². The molecule has 21 heavy (non-hydrogen) atoms. The van der Waals surface area contributed by atoms with E-state index >= 15 is 0 Å². The van der Waals surface area contributed by atoms with Crippen LogP contribution in [0.3, 0.4) is 0 Å². The lowest BCUT2D eigenvalue weighted by Gasteiger charge is -2.15. The van der Waals surface area contributed by atoms with Crippen molar-refractivity contribution in [3.63, 3.8) is 0 Å². The zero-order chi connectivity index (χ0) is 15.4. The Morgan fingerprint density at radius 2 is 1.62 bits per heavy atom. The molecule has 2 aromatic carbocycles. The zero-order valence-corrected chi connectivity index (χ0v) is 11.5. The van der Waals surface area contributed by atoms with Gasteiger partial charge in [-0.2, -0.15) is 0 Å². The number of rotatable bonds is 5. The van der Waals surface area contributed by atoms with Crippen LogP contribution in [0.1, 0.15) is 18.1 Å². The first-order valence-corrected chi connectivity index (χ1v) is 6.57. The van der Waals surface area contributed by atoms with E-state index in [0.717, 1.165) is 18.2 Å². The van der Waals surface area contributed by atoms with Crippen LogP contribution in [-0.4, -0.2) is 6.04 Å². The lowest BCUT2D eigenvalue weighted by atomic mass is 10.1. The molecule has 2 rings (SSSR count). The van der Waals surface area contributed by atoms with Gasteiger partial charge in [0.15, 0.2) is 0 Å². The monoisotopic (exact) mass is 297 g/mol. The highest BCUT2D eigenvalue weighted by atomic mass is 19.1. The maximum atomic E-state index is 13.5. The second kappa shape index (κ2) is 6.72. The second-order valence-electron chi connectivity index (χ2n) is 4.92. The number of benzene rings is 2. The molecule has 0 aliphatic carbocycles. The van der Waals surface area contributed by atoms with E-state index in [-0.39, 0.29) is 30.1 Å². The molecule has 1 nitrogen and oxygen atoms in total. The van der Waals surface area contributed by atoms with Crippen LogP contribution in [0.5, 0.6) is 0 Å². The topological polar surface area (TPSA) is 12.0 Å². The fourth-order valence-corrected chi connectivity index (χ4v) is 2.07. The summed E-state index contributed by atoms with van der Waals surface area (Å²) in [4.78, 5) is 0. The predicted molar refractivity (Wildman–Crippen MR) is 72.7 cm³/mol. The summed E-state index contributed by atoms with van der Waals surface area (Å²) >= 11 is 0. The van der Waals surface area contributed by atoms with Crippen LogP contribution < -0.4 is 5.32 Å². The van der Waals surface area contributed by atoms with Gasteiger partial charge in [0.2, 0.25) is 0 Å². The van der Waals surface area contributed by atoms with Crippen molar-refractivity contribution in [2.24, 2.45) is 0 Å². The fourth-order valence-electron chi connectivity index (χ4n) is 2.07. The molecule has 0 aliphatic heterocycles. The first-order valence-electron chi connectivity index (χ1n) is 6.57. The van der Waals surface area contributed by atoms with Gasteiger partial charge in [0.1, 0.15) is 23.3 Å². The van der Waals surface area contributed by atoms with Crippen molar-refractivity contribution in [3.8, 4) is 0 Å². The van der Waals surface area contributed by atoms with E-state index in [1.807, 2.05) is 0 Å². The molecule has 0 fully saturated rings. The lowest BCUT2D eigenvalue weighted by Crippen LogP contribution is -2.28. The van der Waals surface area contributed by atoms with Gasteiger partial charge in [0.25, 0.3) is 0 Å². The fraction of sp³-hybridized carbons (Fsp3) is 0.250. The molecule has 0 aromatic heterocycles. The van der Waals surface area contributed by atoms with E-state index in [1.54, 1.807) is 6.92 Å². The van der Waals surface area contributed by atoms with E-state index in [0.29, 0.717) is 0 Å². The van der Waals surface area contributed by atoms with E-state index in [1.165, 1.54) is 18.2 Å². The Balaban J connectivity index is 1.99. The molecule has 1 N–H and O–H groups in total. The molecule has 2 aromatic rings. The number of hydrogen-bond acceptors (Lipinski definition) is 1. The van der Waals surface area contributed by atoms with Crippen LogP contribution in [0, 0.1) is 23.3 Å². The van der Waals surface area contributed by atoms with Gasteiger partial charge in [0.05, 0.1) is 0 Å². The van der Waals surface area contributed by atoms with Crippen LogP contribution in [0.2, 0.25) is 0 Å². The largest absolute Gasteiger partial charge is 0.310 e. The summed E-state index contributed by atoms with van der Waals surface area (Å²) in [6, 6.07) is 6.57. The SMILES string of the molecule is CC(Cc1c(F)cccc1F)NCc1cc(F)ccc1F. The Bertz CT molecular complexity index is 607. The molecule has 5 heteroatoms. The average molecular weight is 297 g/mol. The summed E-state index contributed by atoms with van der Waals surface area (Å²) in [6.07, 6.45) is 0.120. The Labute approximate surface area is 120 Å². The summed E-state index contributed by atoms with van der Waals surface area (Å²) in [5, 5.41) is 2.93. The summed E-state index contributed by atoms with van der Waals surface area (Å²) in [7, 11) is 0. The van der Waals surface area contributed by atoms with Gasteiger partial charge in [-0.05, 0) is 43.7 Å². The summed E-state index contributed by atoms with van der Waals surface area (Å²) < 4.78 is 53.5. The van der Waals surface area contributed by atoms with Crippen molar-refractivity contribution in [2.75, 3.05) is 0 Å². The minimum Gasteiger partial charge on any atom is -0.310 e. The van der Waals surface area contributed by atoms with Crippen molar-refractivity contribution >= 4 is 0 Å². The van der Waals surface area contributed by atoms with Crippen LogP contribution >= 0.6 is 0 Å². The molecular weight excluding hydrogens is 282 g/mol.